The second-order valence-electron chi connectivity index (χ2n) is 9.27. The summed E-state index contributed by atoms with van der Waals surface area (Å²) >= 11 is 0. The van der Waals surface area contributed by atoms with Crippen LogP contribution in [0.15, 0.2) is 67.7 Å². The minimum absolute atomic E-state index is 0.313. The van der Waals surface area contributed by atoms with Crippen molar-refractivity contribution in [1.82, 2.24) is 9.13 Å². The minimum atomic E-state index is -0.314. The first-order valence-electron chi connectivity index (χ1n) is 11.0. The zero-order valence-electron chi connectivity index (χ0n) is 18.1. The molecule has 0 atom stereocenters. The van der Waals surface area contributed by atoms with Crippen LogP contribution in [0.2, 0.25) is 0 Å². The fourth-order valence-electron chi connectivity index (χ4n) is 6.20. The number of pyridine rings is 2. The van der Waals surface area contributed by atoms with Crippen molar-refractivity contribution in [1.29, 1.82) is 0 Å². The first kappa shape index (κ1) is 17.9. The normalized spacial score (nSPS) is 12.9. The van der Waals surface area contributed by atoms with E-state index >= 15 is 0 Å². The lowest BCUT2D eigenvalue weighted by atomic mass is 9.83. The van der Waals surface area contributed by atoms with Crippen LogP contribution in [-0.4, -0.2) is 9.13 Å². The van der Waals surface area contributed by atoms with Gasteiger partial charge < -0.3 is 0 Å². The lowest BCUT2D eigenvalue weighted by molar-refractivity contribution is 0.841. The summed E-state index contributed by atoms with van der Waals surface area (Å²) in [4.78, 5) is 52.2. The molecule has 2 heterocycles. The van der Waals surface area contributed by atoms with Crippen molar-refractivity contribution in [2.24, 2.45) is 14.1 Å². The second kappa shape index (κ2) is 5.31. The number of aromatic nitrogens is 2. The third kappa shape index (κ3) is 1.69. The van der Waals surface area contributed by atoms with Gasteiger partial charge in [0.2, 0.25) is 0 Å². The zero-order valence-corrected chi connectivity index (χ0v) is 18.1. The summed E-state index contributed by atoms with van der Waals surface area (Å²) in [6.45, 7) is 0. The zero-order chi connectivity index (χ0) is 23.2. The molecule has 6 heteroatoms. The highest BCUT2D eigenvalue weighted by Gasteiger charge is 2.24. The summed E-state index contributed by atoms with van der Waals surface area (Å²) in [6, 6.07) is 15.1. The molecular formula is C28H14N2O4. The van der Waals surface area contributed by atoms with Crippen LogP contribution in [0.5, 0.6) is 0 Å². The van der Waals surface area contributed by atoms with E-state index < -0.39 is 0 Å². The molecule has 0 bridgehead atoms. The van der Waals surface area contributed by atoms with Gasteiger partial charge in [-0.25, -0.2) is 0 Å². The Morgan fingerprint density at radius 1 is 0.412 bits per heavy atom. The molecule has 0 saturated heterocycles. The third-order valence-electron chi connectivity index (χ3n) is 7.75. The van der Waals surface area contributed by atoms with Crippen LogP contribution in [0.1, 0.15) is 0 Å². The van der Waals surface area contributed by atoms with Gasteiger partial charge in [-0.05, 0) is 67.4 Å². The van der Waals surface area contributed by atoms with Crippen LogP contribution in [0, 0.1) is 0 Å². The third-order valence-corrected chi connectivity index (χ3v) is 7.75. The maximum absolute atomic E-state index is 13.1. The molecule has 8 aromatic rings. The topological polar surface area (TPSA) is 78.1 Å². The maximum atomic E-state index is 13.1. The maximum Gasteiger partial charge on any atom is 0.261 e. The molecule has 0 saturated carbocycles. The summed E-state index contributed by atoms with van der Waals surface area (Å²) in [5.41, 5.74) is -1.25. The van der Waals surface area contributed by atoms with Gasteiger partial charge in [0.15, 0.2) is 0 Å². The molecule has 160 valence electrons. The fraction of sp³-hybridized carbons (Fsp3) is 0.0714. The van der Waals surface area contributed by atoms with Crippen molar-refractivity contribution >= 4 is 75.4 Å². The average molecular weight is 442 g/mol. The Bertz CT molecular complexity index is 2260. The number of hydrogen-bond donors (Lipinski definition) is 0. The Balaban J connectivity index is 1.87. The number of nitrogens with zero attached hydrogens (tertiary/aromatic N) is 2. The Hall–Kier alpha value is -4.58. The lowest BCUT2D eigenvalue weighted by Crippen LogP contribution is -2.30. The molecule has 6 nitrogen and oxygen atoms in total. The van der Waals surface area contributed by atoms with E-state index in [1.165, 1.54) is 23.2 Å². The van der Waals surface area contributed by atoms with Crippen molar-refractivity contribution in [2.75, 3.05) is 0 Å². The van der Waals surface area contributed by atoms with E-state index in [0.29, 0.717) is 32.3 Å². The van der Waals surface area contributed by atoms with E-state index in [1.807, 2.05) is 36.4 Å². The smallest absolute Gasteiger partial charge is 0.261 e. The largest absolute Gasteiger partial charge is 0.277 e. The Kier molecular flexibility index (Phi) is 2.80. The van der Waals surface area contributed by atoms with E-state index in [-0.39, 0.29) is 22.2 Å². The summed E-state index contributed by atoms with van der Waals surface area (Å²) < 4.78 is 2.33. The highest BCUT2D eigenvalue weighted by atomic mass is 16.2. The summed E-state index contributed by atoms with van der Waals surface area (Å²) in [6.07, 6.45) is 0. The quantitative estimate of drug-likeness (QED) is 0.265. The van der Waals surface area contributed by atoms with Crippen molar-refractivity contribution in [3.05, 3.63) is 89.9 Å². The molecule has 0 unspecified atom stereocenters. The molecule has 0 spiro atoms. The molecule has 0 aliphatic carbocycles. The van der Waals surface area contributed by atoms with Crippen molar-refractivity contribution in [3.8, 4) is 0 Å². The molecule has 0 amide bonds. The molecule has 34 heavy (non-hydrogen) atoms. The highest BCUT2D eigenvalue weighted by molar-refractivity contribution is 6.45. The van der Waals surface area contributed by atoms with E-state index in [4.69, 9.17) is 0 Å². The standard InChI is InChI=1S/C28H14N2O4/c1-29-25(31)15-7-5-13-14-6-8-16-22-18(28(34)30(2)26(16)32)10-12-4-3-11-9-17(27(29)33)21(15)23(13)19(11)20(12)24(14)22/h3-10H,1-2H3. The fourth-order valence-corrected chi connectivity index (χ4v) is 6.20. The van der Waals surface area contributed by atoms with Gasteiger partial charge in [0, 0.05) is 46.4 Å². The lowest BCUT2D eigenvalue weighted by Gasteiger charge is -2.20. The predicted molar refractivity (Wildman–Crippen MR) is 137 cm³/mol. The van der Waals surface area contributed by atoms with Crippen LogP contribution in [0.3, 0.4) is 0 Å². The van der Waals surface area contributed by atoms with Gasteiger partial charge in [-0.15, -0.1) is 0 Å². The minimum Gasteiger partial charge on any atom is -0.277 e. The Labute approximate surface area is 188 Å². The summed E-state index contributed by atoms with van der Waals surface area (Å²) in [5, 5.41) is 10.7. The van der Waals surface area contributed by atoms with Crippen molar-refractivity contribution in [2.45, 2.75) is 0 Å². The van der Waals surface area contributed by atoms with Gasteiger partial charge in [-0.1, -0.05) is 24.3 Å². The molecule has 6 aromatic carbocycles. The molecule has 0 aliphatic rings. The Morgan fingerprint density at radius 2 is 0.765 bits per heavy atom. The summed E-state index contributed by atoms with van der Waals surface area (Å²) in [7, 11) is 3.02. The van der Waals surface area contributed by atoms with Gasteiger partial charge in [0.1, 0.15) is 0 Å². The van der Waals surface area contributed by atoms with Crippen LogP contribution in [0.25, 0.3) is 75.4 Å². The van der Waals surface area contributed by atoms with Crippen molar-refractivity contribution < 1.29 is 0 Å². The van der Waals surface area contributed by atoms with Crippen LogP contribution < -0.4 is 22.2 Å². The second-order valence-corrected chi connectivity index (χ2v) is 9.27. The molecule has 0 N–H and O–H groups in total. The number of rotatable bonds is 0. The molecule has 8 rings (SSSR count). The van der Waals surface area contributed by atoms with Gasteiger partial charge in [0.25, 0.3) is 22.2 Å². The van der Waals surface area contributed by atoms with Gasteiger partial charge in [0.05, 0.1) is 0 Å². The van der Waals surface area contributed by atoms with E-state index in [1.54, 1.807) is 12.1 Å². The molecule has 0 aliphatic heterocycles. The first-order valence-corrected chi connectivity index (χ1v) is 11.0. The van der Waals surface area contributed by atoms with Crippen LogP contribution >= 0.6 is 0 Å². The van der Waals surface area contributed by atoms with Crippen LogP contribution in [-0.2, 0) is 14.1 Å². The van der Waals surface area contributed by atoms with E-state index in [0.717, 1.165) is 43.1 Å². The average Bonchev–Trinajstić information content (AvgIpc) is 2.86. The summed E-state index contributed by atoms with van der Waals surface area (Å²) in [5.74, 6) is 0. The Morgan fingerprint density at radius 3 is 1.18 bits per heavy atom. The highest BCUT2D eigenvalue weighted by Crippen LogP contribution is 2.47. The van der Waals surface area contributed by atoms with Crippen LogP contribution in [0.4, 0.5) is 0 Å². The molecular weight excluding hydrogens is 428 g/mol. The van der Waals surface area contributed by atoms with Crippen molar-refractivity contribution in [3.63, 3.8) is 0 Å². The number of hydrogen-bond acceptors (Lipinski definition) is 4. The van der Waals surface area contributed by atoms with Gasteiger partial charge >= 0.3 is 0 Å². The predicted octanol–water partition coefficient (Wildman–Crippen LogP) is 3.63. The van der Waals surface area contributed by atoms with E-state index in [9.17, 15) is 19.2 Å². The number of fused-ring (bicyclic) bond motifs is 1. The monoisotopic (exact) mass is 442 g/mol. The first-order chi connectivity index (χ1) is 16.4. The molecule has 0 radical (unpaired) electrons. The SMILES string of the molecule is Cn1c(=O)c2ccc3c4ccc5c(=O)n(C)c(=O)c6cc7ccc8cc(c1=O)c2c3c8c7c4c56. The van der Waals surface area contributed by atoms with Gasteiger partial charge in [-0.2, -0.15) is 0 Å². The van der Waals surface area contributed by atoms with Gasteiger partial charge in [-0.3, -0.25) is 28.3 Å². The molecule has 0 fully saturated rings. The number of benzene rings is 6. The molecule has 2 aromatic heterocycles. The van der Waals surface area contributed by atoms with E-state index in [2.05, 4.69) is 0 Å².